The highest BCUT2D eigenvalue weighted by Gasteiger charge is 2.05. The van der Waals surface area contributed by atoms with E-state index in [1.807, 2.05) is 71.6 Å². The van der Waals surface area contributed by atoms with Crippen LogP contribution in [0.5, 0.6) is 0 Å². The SMILES string of the molecule is O=C(NCCNc1cc(Nc2ccccn2)ncn1)c1ccc(-n2cccc2)cc1. The molecule has 1 amide bonds. The van der Waals surface area contributed by atoms with E-state index in [-0.39, 0.29) is 5.91 Å². The van der Waals surface area contributed by atoms with Gasteiger partial charge >= 0.3 is 0 Å². The van der Waals surface area contributed by atoms with E-state index in [1.165, 1.54) is 6.33 Å². The largest absolute Gasteiger partial charge is 0.368 e. The van der Waals surface area contributed by atoms with Crippen LogP contribution in [0.2, 0.25) is 0 Å². The minimum Gasteiger partial charge on any atom is -0.368 e. The molecular formula is C22H21N7O. The second kappa shape index (κ2) is 9.33. The zero-order chi connectivity index (χ0) is 20.6. The standard InChI is InChI=1S/C22H21N7O/c30-22(17-6-8-18(9-7-17)29-13-3-4-14-29)25-12-11-24-20-15-21(27-16-26-20)28-19-5-1-2-10-23-19/h1-10,13-16H,11-12H2,(H,25,30)(H2,23,24,26,27,28). The average molecular weight is 399 g/mol. The molecule has 3 aromatic heterocycles. The highest BCUT2D eigenvalue weighted by atomic mass is 16.1. The van der Waals surface area contributed by atoms with Gasteiger partial charge in [0.25, 0.3) is 5.91 Å². The average Bonchev–Trinajstić information content (AvgIpc) is 3.33. The highest BCUT2D eigenvalue weighted by Crippen LogP contribution is 2.13. The van der Waals surface area contributed by atoms with Crippen LogP contribution in [0.25, 0.3) is 5.69 Å². The lowest BCUT2D eigenvalue weighted by Gasteiger charge is -2.09. The molecule has 0 unspecified atom stereocenters. The Morgan fingerprint density at radius 1 is 0.833 bits per heavy atom. The first kappa shape index (κ1) is 19.1. The van der Waals surface area contributed by atoms with Crippen molar-refractivity contribution < 1.29 is 4.79 Å². The molecule has 3 heterocycles. The van der Waals surface area contributed by atoms with Crippen LogP contribution < -0.4 is 16.0 Å². The van der Waals surface area contributed by atoms with Crippen molar-refractivity contribution in [3.8, 4) is 5.69 Å². The second-order valence-corrected chi connectivity index (χ2v) is 6.45. The van der Waals surface area contributed by atoms with Gasteiger partial charge in [0.2, 0.25) is 0 Å². The van der Waals surface area contributed by atoms with Crippen LogP contribution in [0.15, 0.2) is 85.6 Å². The van der Waals surface area contributed by atoms with Gasteiger partial charge in [-0.1, -0.05) is 6.07 Å². The van der Waals surface area contributed by atoms with Crippen LogP contribution in [0, 0.1) is 0 Å². The number of carbonyl (C=O) groups excluding carboxylic acids is 1. The minimum atomic E-state index is -0.115. The molecule has 0 fully saturated rings. The zero-order valence-corrected chi connectivity index (χ0v) is 16.2. The molecule has 0 aliphatic heterocycles. The molecule has 0 bridgehead atoms. The molecule has 0 saturated heterocycles. The number of rotatable bonds is 8. The number of nitrogens with one attached hydrogen (secondary N) is 3. The van der Waals surface area contributed by atoms with Gasteiger partial charge in [0.1, 0.15) is 23.8 Å². The second-order valence-electron chi connectivity index (χ2n) is 6.45. The summed E-state index contributed by atoms with van der Waals surface area (Å²) in [6.07, 6.45) is 7.11. The van der Waals surface area contributed by atoms with Crippen molar-refractivity contribution in [3.05, 3.63) is 91.1 Å². The van der Waals surface area contributed by atoms with Gasteiger partial charge in [-0.3, -0.25) is 4.79 Å². The Balaban J connectivity index is 1.25. The van der Waals surface area contributed by atoms with Crippen molar-refractivity contribution in [3.63, 3.8) is 0 Å². The van der Waals surface area contributed by atoms with Gasteiger partial charge < -0.3 is 20.5 Å². The quantitative estimate of drug-likeness (QED) is 0.394. The summed E-state index contributed by atoms with van der Waals surface area (Å²) < 4.78 is 1.99. The summed E-state index contributed by atoms with van der Waals surface area (Å²) in [6.45, 7) is 0.998. The molecule has 4 aromatic rings. The van der Waals surface area contributed by atoms with Crippen molar-refractivity contribution in [2.45, 2.75) is 0 Å². The summed E-state index contributed by atoms with van der Waals surface area (Å²) in [6, 6.07) is 18.8. The van der Waals surface area contributed by atoms with Crippen LogP contribution in [-0.2, 0) is 0 Å². The first-order valence-electron chi connectivity index (χ1n) is 9.53. The van der Waals surface area contributed by atoms with Crippen LogP contribution in [0.3, 0.4) is 0 Å². The Morgan fingerprint density at radius 2 is 1.63 bits per heavy atom. The van der Waals surface area contributed by atoms with Crippen molar-refractivity contribution in [1.29, 1.82) is 0 Å². The number of hydrogen-bond acceptors (Lipinski definition) is 6. The Labute approximate surface area is 174 Å². The molecule has 0 aliphatic rings. The number of amides is 1. The summed E-state index contributed by atoms with van der Waals surface area (Å²) in [7, 11) is 0. The van der Waals surface area contributed by atoms with E-state index in [9.17, 15) is 4.79 Å². The predicted molar refractivity (Wildman–Crippen MR) is 116 cm³/mol. The lowest BCUT2D eigenvalue weighted by Crippen LogP contribution is -2.28. The minimum absolute atomic E-state index is 0.115. The lowest BCUT2D eigenvalue weighted by molar-refractivity contribution is 0.0955. The van der Waals surface area contributed by atoms with Crippen LogP contribution in [0.1, 0.15) is 10.4 Å². The topological polar surface area (TPSA) is 96.8 Å². The number of nitrogens with zero attached hydrogens (tertiary/aromatic N) is 4. The highest BCUT2D eigenvalue weighted by molar-refractivity contribution is 5.94. The van der Waals surface area contributed by atoms with E-state index in [0.717, 1.165) is 5.69 Å². The van der Waals surface area contributed by atoms with Gasteiger partial charge in [-0.25, -0.2) is 15.0 Å². The molecule has 0 radical (unpaired) electrons. The molecule has 150 valence electrons. The summed E-state index contributed by atoms with van der Waals surface area (Å²) in [4.78, 5) is 24.9. The van der Waals surface area contributed by atoms with Crippen molar-refractivity contribution in [1.82, 2.24) is 24.8 Å². The Bertz CT molecular complexity index is 1080. The number of anilines is 3. The zero-order valence-electron chi connectivity index (χ0n) is 16.2. The molecule has 30 heavy (non-hydrogen) atoms. The predicted octanol–water partition coefficient (Wildman–Crippen LogP) is 3.25. The smallest absolute Gasteiger partial charge is 0.251 e. The molecule has 0 atom stereocenters. The normalized spacial score (nSPS) is 10.4. The van der Waals surface area contributed by atoms with E-state index in [4.69, 9.17) is 0 Å². The van der Waals surface area contributed by atoms with E-state index in [0.29, 0.717) is 36.1 Å². The third-order valence-electron chi connectivity index (χ3n) is 4.34. The monoisotopic (exact) mass is 399 g/mol. The number of benzene rings is 1. The summed E-state index contributed by atoms with van der Waals surface area (Å²) in [5.74, 6) is 1.89. The number of hydrogen-bond donors (Lipinski definition) is 3. The van der Waals surface area contributed by atoms with Gasteiger partial charge in [-0.15, -0.1) is 0 Å². The van der Waals surface area contributed by atoms with Gasteiger partial charge in [0.05, 0.1) is 0 Å². The van der Waals surface area contributed by atoms with Crippen LogP contribution in [-0.4, -0.2) is 38.5 Å². The fraction of sp³-hybridized carbons (Fsp3) is 0.0909. The molecule has 0 saturated carbocycles. The fourth-order valence-corrected chi connectivity index (χ4v) is 2.85. The molecule has 4 rings (SSSR count). The van der Waals surface area contributed by atoms with Gasteiger partial charge in [-0.05, 0) is 48.5 Å². The summed E-state index contributed by atoms with van der Waals surface area (Å²) >= 11 is 0. The third-order valence-corrected chi connectivity index (χ3v) is 4.34. The maximum absolute atomic E-state index is 12.3. The molecule has 0 aliphatic carbocycles. The van der Waals surface area contributed by atoms with Crippen LogP contribution in [0.4, 0.5) is 17.5 Å². The summed E-state index contributed by atoms with van der Waals surface area (Å²) in [5.41, 5.74) is 1.63. The molecule has 1 aromatic carbocycles. The molecule has 8 nitrogen and oxygen atoms in total. The number of carbonyl (C=O) groups is 1. The third kappa shape index (κ3) is 4.99. The Hall–Kier alpha value is -4.20. The van der Waals surface area contributed by atoms with Gasteiger partial charge in [-0.2, -0.15) is 0 Å². The van der Waals surface area contributed by atoms with E-state index < -0.39 is 0 Å². The molecule has 3 N–H and O–H groups in total. The van der Waals surface area contributed by atoms with Crippen molar-refractivity contribution >= 4 is 23.4 Å². The fourth-order valence-electron chi connectivity index (χ4n) is 2.85. The molecule has 8 heteroatoms. The van der Waals surface area contributed by atoms with E-state index in [1.54, 1.807) is 12.3 Å². The van der Waals surface area contributed by atoms with Gasteiger partial charge in [0.15, 0.2) is 0 Å². The maximum Gasteiger partial charge on any atom is 0.251 e. The van der Waals surface area contributed by atoms with Gasteiger partial charge in [0, 0.05) is 49.0 Å². The summed E-state index contributed by atoms with van der Waals surface area (Å²) in [5, 5.41) is 9.19. The van der Waals surface area contributed by atoms with E-state index >= 15 is 0 Å². The Kier molecular flexibility index (Phi) is 5.95. The first-order chi connectivity index (χ1) is 14.8. The lowest BCUT2D eigenvalue weighted by atomic mass is 10.2. The van der Waals surface area contributed by atoms with Crippen LogP contribution >= 0.6 is 0 Å². The Morgan fingerprint density at radius 3 is 2.40 bits per heavy atom. The van der Waals surface area contributed by atoms with E-state index in [2.05, 4.69) is 30.9 Å². The molecular weight excluding hydrogens is 378 g/mol. The number of aromatic nitrogens is 4. The first-order valence-corrected chi connectivity index (χ1v) is 9.53. The maximum atomic E-state index is 12.3. The van der Waals surface area contributed by atoms with Crippen molar-refractivity contribution in [2.75, 3.05) is 23.7 Å². The molecule has 0 spiro atoms. The number of pyridine rings is 1. The van der Waals surface area contributed by atoms with Crippen molar-refractivity contribution in [2.24, 2.45) is 0 Å².